The van der Waals surface area contributed by atoms with E-state index in [1.807, 2.05) is 11.3 Å². The standard InChI is InChI=1S/C15H25NS/c1-12(2)13-5-8-15(16,9-6-13)10-7-14-4-3-11-17-14/h3-4,11-13H,5-10,16H2,1-2H3. The molecule has 2 rings (SSSR count). The minimum Gasteiger partial charge on any atom is -0.325 e. The van der Waals surface area contributed by atoms with Gasteiger partial charge in [-0.1, -0.05) is 19.9 Å². The predicted octanol–water partition coefficient (Wildman–Crippen LogP) is 4.22. The van der Waals surface area contributed by atoms with Gasteiger partial charge in [-0.2, -0.15) is 0 Å². The summed E-state index contributed by atoms with van der Waals surface area (Å²) in [5.74, 6) is 1.74. The summed E-state index contributed by atoms with van der Waals surface area (Å²) in [5.41, 5.74) is 6.66. The first-order valence-electron chi connectivity index (χ1n) is 6.90. The lowest BCUT2D eigenvalue weighted by Gasteiger charge is -2.38. The molecule has 1 nitrogen and oxygen atoms in total. The maximum atomic E-state index is 6.54. The van der Waals surface area contributed by atoms with Crippen LogP contribution in [0.25, 0.3) is 0 Å². The van der Waals surface area contributed by atoms with Gasteiger partial charge in [-0.15, -0.1) is 11.3 Å². The molecule has 0 radical (unpaired) electrons. The largest absolute Gasteiger partial charge is 0.325 e. The summed E-state index contributed by atoms with van der Waals surface area (Å²) in [5, 5.41) is 2.16. The molecular weight excluding hydrogens is 226 g/mol. The van der Waals surface area contributed by atoms with E-state index in [9.17, 15) is 0 Å². The van der Waals surface area contributed by atoms with Gasteiger partial charge in [0.1, 0.15) is 0 Å². The summed E-state index contributed by atoms with van der Waals surface area (Å²) in [4.78, 5) is 1.49. The van der Waals surface area contributed by atoms with Gasteiger partial charge in [0.15, 0.2) is 0 Å². The maximum absolute atomic E-state index is 6.54. The smallest absolute Gasteiger partial charge is 0.0158 e. The van der Waals surface area contributed by atoms with Crippen LogP contribution >= 0.6 is 11.3 Å². The van der Waals surface area contributed by atoms with Crippen LogP contribution in [-0.2, 0) is 6.42 Å². The van der Waals surface area contributed by atoms with E-state index < -0.39 is 0 Å². The summed E-state index contributed by atoms with van der Waals surface area (Å²) in [6, 6.07) is 4.37. The molecule has 17 heavy (non-hydrogen) atoms. The first-order chi connectivity index (χ1) is 8.09. The third-order valence-corrected chi connectivity index (χ3v) is 5.35. The highest BCUT2D eigenvalue weighted by atomic mass is 32.1. The van der Waals surface area contributed by atoms with Crippen molar-refractivity contribution >= 4 is 11.3 Å². The van der Waals surface area contributed by atoms with Gasteiger partial charge >= 0.3 is 0 Å². The van der Waals surface area contributed by atoms with E-state index in [1.165, 1.54) is 43.4 Å². The van der Waals surface area contributed by atoms with Gasteiger partial charge in [-0.05, 0) is 61.8 Å². The lowest BCUT2D eigenvalue weighted by Crippen LogP contribution is -2.44. The Morgan fingerprint density at radius 1 is 1.41 bits per heavy atom. The Morgan fingerprint density at radius 2 is 2.12 bits per heavy atom. The van der Waals surface area contributed by atoms with Crippen molar-refractivity contribution in [2.75, 3.05) is 0 Å². The van der Waals surface area contributed by atoms with Gasteiger partial charge in [-0.25, -0.2) is 0 Å². The summed E-state index contributed by atoms with van der Waals surface area (Å²) in [6.07, 6.45) is 7.44. The molecule has 0 aliphatic heterocycles. The molecule has 0 bridgehead atoms. The Labute approximate surface area is 109 Å². The van der Waals surface area contributed by atoms with Gasteiger partial charge in [-0.3, -0.25) is 0 Å². The molecule has 0 saturated heterocycles. The Bertz CT molecular complexity index is 321. The van der Waals surface area contributed by atoms with Crippen LogP contribution in [-0.4, -0.2) is 5.54 Å². The quantitative estimate of drug-likeness (QED) is 0.851. The molecule has 0 unspecified atom stereocenters. The maximum Gasteiger partial charge on any atom is 0.0158 e. The molecule has 1 aromatic rings. The highest BCUT2D eigenvalue weighted by Gasteiger charge is 2.32. The molecule has 0 amide bonds. The number of thiophene rings is 1. The van der Waals surface area contributed by atoms with E-state index in [2.05, 4.69) is 31.4 Å². The number of hydrogen-bond donors (Lipinski definition) is 1. The lowest BCUT2D eigenvalue weighted by atomic mass is 9.71. The SMILES string of the molecule is CC(C)C1CCC(N)(CCc2cccs2)CC1. The zero-order chi connectivity index (χ0) is 12.3. The van der Waals surface area contributed by atoms with Crippen LogP contribution in [0.1, 0.15) is 50.8 Å². The minimum absolute atomic E-state index is 0.120. The van der Waals surface area contributed by atoms with Gasteiger partial charge in [0.05, 0.1) is 0 Å². The van der Waals surface area contributed by atoms with Gasteiger partial charge < -0.3 is 5.73 Å². The van der Waals surface area contributed by atoms with E-state index in [0.29, 0.717) is 0 Å². The van der Waals surface area contributed by atoms with Gasteiger partial charge in [0.25, 0.3) is 0 Å². The van der Waals surface area contributed by atoms with Crippen molar-refractivity contribution in [3.8, 4) is 0 Å². The summed E-state index contributed by atoms with van der Waals surface area (Å²) >= 11 is 1.86. The van der Waals surface area contributed by atoms with Crippen molar-refractivity contribution in [2.24, 2.45) is 17.6 Å². The zero-order valence-corrected chi connectivity index (χ0v) is 11.9. The summed E-state index contributed by atoms with van der Waals surface area (Å²) < 4.78 is 0. The summed E-state index contributed by atoms with van der Waals surface area (Å²) in [7, 11) is 0. The van der Waals surface area contributed by atoms with Crippen molar-refractivity contribution in [2.45, 2.75) is 57.9 Å². The molecule has 1 aromatic heterocycles. The van der Waals surface area contributed by atoms with Crippen LogP contribution in [0.3, 0.4) is 0 Å². The molecule has 1 saturated carbocycles. The molecule has 1 aliphatic rings. The van der Waals surface area contributed by atoms with Gasteiger partial charge in [0, 0.05) is 10.4 Å². The summed E-state index contributed by atoms with van der Waals surface area (Å²) in [6.45, 7) is 4.69. The van der Waals surface area contributed by atoms with Crippen molar-refractivity contribution in [1.82, 2.24) is 0 Å². The Balaban J connectivity index is 1.81. The van der Waals surface area contributed by atoms with Crippen molar-refractivity contribution < 1.29 is 0 Å². The molecule has 0 aromatic carbocycles. The molecule has 2 N–H and O–H groups in total. The fourth-order valence-electron chi connectivity index (χ4n) is 2.96. The third kappa shape index (κ3) is 3.56. The predicted molar refractivity (Wildman–Crippen MR) is 76.4 cm³/mol. The van der Waals surface area contributed by atoms with Crippen molar-refractivity contribution in [1.29, 1.82) is 0 Å². The van der Waals surface area contributed by atoms with Crippen LogP contribution in [0.15, 0.2) is 17.5 Å². The number of nitrogens with two attached hydrogens (primary N) is 1. The van der Waals surface area contributed by atoms with Crippen LogP contribution in [0, 0.1) is 11.8 Å². The van der Waals surface area contributed by atoms with E-state index in [-0.39, 0.29) is 5.54 Å². The molecular formula is C15H25NS. The third-order valence-electron chi connectivity index (χ3n) is 4.42. The number of rotatable bonds is 4. The minimum atomic E-state index is 0.120. The molecule has 0 atom stereocenters. The second-order valence-electron chi connectivity index (χ2n) is 6.02. The van der Waals surface area contributed by atoms with E-state index >= 15 is 0 Å². The number of aryl methyl sites for hydroxylation is 1. The Morgan fingerprint density at radius 3 is 2.65 bits per heavy atom. The average molecular weight is 251 g/mol. The van der Waals surface area contributed by atoms with Crippen LogP contribution in [0.2, 0.25) is 0 Å². The molecule has 1 fully saturated rings. The fraction of sp³-hybridized carbons (Fsp3) is 0.733. The van der Waals surface area contributed by atoms with Crippen LogP contribution < -0.4 is 5.73 Å². The van der Waals surface area contributed by atoms with Crippen LogP contribution in [0.4, 0.5) is 0 Å². The normalized spacial score (nSPS) is 29.8. The van der Waals surface area contributed by atoms with E-state index in [1.54, 1.807) is 0 Å². The Hall–Kier alpha value is -0.340. The second kappa shape index (κ2) is 5.53. The highest BCUT2D eigenvalue weighted by Crippen LogP contribution is 2.36. The van der Waals surface area contributed by atoms with Crippen LogP contribution in [0.5, 0.6) is 0 Å². The van der Waals surface area contributed by atoms with Crippen molar-refractivity contribution in [3.05, 3.63) is 22.4 Å². The first kappa shape index (κ1) is 13.1. The highest BCUT2D eigenvalue weighted by molar-refractivity contribution is 7.09. The fourth-order valence-corrected chi connectivity index (χ4v) is 3.67. The molecule has 96 valence electrons. The van der Waals surface area contributed by atoms with E-state index in [0.717, 1.165) is 11.8 Å². The van der Waals surface area contributed by atoms with E-state index in [4.69, 9.17) is 5.73 Å². The molecule has 0 spiro atoms. The zero-order valence-electron chi connectivity index (χ0n) is 11.1. The number of hydrogen-bond acceptors (Lipinski definition) is 2. The topological polar surface area (TPSA) is 26.0 Å². The van der Waals surface area contributed by atoms with Crippen molar-refractivity contribution in [3.63, 3.8) is 0 Å². The van der Waals surface area contributed by atoms with Gasteiger partial charge in [0.2, 0.25) is 0 Å². The second-order valence-corrected chi connectivity index (χ2v) is 7.06. The first-order valence-corrected chi connectivity index (χ1v) is 7.78. The molecule has 2 heteroatoms. The lowest BCUT2D eigenvalue weighted by molar-refractivity contribution is 0.187. The molecule has 1 heterocycles. The monoisotopic (exact) mass is 251 g/mol. The molecule has 1 aliphatic carbocycles. The average Bonchev–Trinajstić information content (AvgIpc) is 2.80. The Kier molecular flexibility index (Phi) is 4.26.